The fraction of sp³-hybridized carbons (Fsp3) is 0.167. The summed E-state index contributed by atoms with van der Waals surface area (Å²) in [5.74, 6) is -5.00. The molecular weight excluding hydrogens is 336 g/mol. The van der Waals surface area contributed by atoms with E-state index in [1.165, 1.54) is 12.1 Å². The second-order valence-electron chi connectivity index (χ2n) is 4.75. The van der Waals surface area contributed by atoms with Crippen LogP contribution in [0.1, 0.15) is 0 Å². The highest BCUT2D eigenvalue weighted by Crippen LogP contribution is 2.39. The third-order valence-electron chi connectivity index (χ3n) is 3.35. The van der Waals surface area contributed by atoms with Crippen LogP contribution in [0.2, 0.25) is 0 Å². The fourth-order valence-electron chi connectivity index (χ4n) is 2.39. The molecule has 1 aromatic carbocycles. The first kappa shape index (κ1) is 15.5. The molecule has 0 spiro atoms. The normalized spacial score (nSPS) is 12.9. The number of ether oxygens (including phenoxy) is 2. The van der Waals surface area contributed by atoms with E-state index < -0.39 is 56.2 Å². The van der Waals surface area contributed by atoms with Crippen LogP contribution in [0.5, 0.6) is 11.5 Å². The van der Waals surface area contributed by atoms with Crippen molar-refractivity contribution >= 4 is 22.7 Å². The number of benzene rings is 1. The van der Waals surface area contributed by atoms with Crippen molar-refractivity contribution in [2.75, 3.05) is 18.8 Å². The number of hydrogen-bond acceptors (Lipinski definition) is 7. The molecule has 0 unspecified atom stereocenters. The van der Waals surface area contributed by atoms with Gasteiger partial charge in [0.15, 0.2) is 12.5 Å². The van der Waals surface area contributed by atoms with Gasteiger partial charge in [0.25, 0.3) is 0 Å². The van der Waals surface area contributed by atoms with E-state index in [9.17, 15) is 28.5 Å². The van der Waals surface area contributed by atoms with Crippen LogP contribution in [-0.4, -0.2) is 34.6 Å². The van der Waals surface area contributed by atoms with Crippen molar-refractivity contribution in [3.63, 3.8) is 0 Å². The van der Waals surface area contributed by atoms with Crippen LogP contribution in [0.15, 0.2) is 11.0 Å². The van der Waals surface area contributed by atoms with E-state index in [1.54, 1.807) is 0 Å². The first-order valence-corrected chi connectivity index (χ1v) is 6.23. The van der Waals surface area contributed by atoms with Gasteiger partial charge in [-0.15, -0.1) is 0 Å². The Kier molecular flexibility index (Phi) is 3.25. The van der Waals surface area contributed by atoms with Gasteiger partial charge < -0.3 is 14.6 Å². The van der Waals surface area contributed by atoms with Gasteiger partial charge in [-0.05, 0) is 0 Å². The number of nitrogens with zero attached hydrogens (tertiary/aromatic N) is 3. The van der Waals surface area contributed by atoms with Crippen LogP contribution >= 0.6 is 0 Å². The topological polar surface area (TPSA) is 124 Å². The second-order valence-corrected chi connectivity index (χ2v) is 4.75. The molecule has 24 heavy (non-hydrogen) atoms. The quantitative estimate of drug-likeness (QED) is 0.489. The zero-order chi connectivity index (χ0) is 17.8. The summed E-state index contributed by atoms with van der Waals surface area (Å²) >= 11 is 0. The van der Waals surface area contributed by atoms with Crippen molar-refractivity contribution in [2.45, 2.75) is 0 Å². The molecule has 0 radical (unpaired) electrons. The van der Waals surface area contributed by atoms with Crippen LogP contribution in [0, 0.1) is 21.7 Å². The molecule has 10 nitrogen and oxygen atoms in total. The second kappa shape index (κ2) is 5.04. The molecule has 2 heterocycles. The average Bonchev–Trinajstić information content (AvgIpc) is 2.49. The zero-order valence-corrected chi connectivity index (χ0v) is 11.8. The Hall–Kier alpha value is -3.44. The summed E-state index contributed by atoms with van der Waals surface area (Å²) in [6, 6.07) is 0. The molecule has 0 fully saturated rings. The maximum Gasteiger partial charge on any atom is 0.511 e. The van der Waals surface area contributed by atoms with Gasteiger partial charge in [0.1, 0.15) is 10.9 Å². The highest BCUT2D eigenvalue weighted by molar-refractivity contribution is 5.95. The molecule has 12 heteroatoms. The number of nitro benzene ring substituents is 1. The van der Waals surface area contributed by atoms with Gasteiger partial charge in [-0.2, -0.15) is 8.78 Å². The summed E-state index contributed by atoms with van der Waals surface area (Å²) in [7, 11) is 1.41. The van der Waals surface area contributed by atoms with E-state index in [0.29, 0.717) is 0 Å². The van der Waals surface area contributed by atoms with Crippen molar-refractivity contribution in [1.29, 1.82) is 0 Å². The SMILES string of the molecule is CN1COc2c(F)c(F)c([N+](=O)[O-])c3c(=O)c(OC(=O)O)cn1c23. The smallest absolute Gasteiger partial charge is 0.466 e. The minimum absolute atomic E-state index is 0.286. The van der Waals surface area contributed by atoms with Crippen LogP contribution in [0.4, 0.5) is 19.3 Å². The predicted octanol–water partition coefficient (Wildman–Crippen LogP) is 1.16. The number of carbonyl (C=O) groups is 1. The lowest BCUT2D eigenvalue weighted by molar-refractivity contribution is -0.386. The molecule has 1 aliphatic heterocycles. The molecular formula is C12H7F2N3O7. The molecule has 1 aromatic heterocycles. The number of carboxylic acid groups (broad SMARTS) is 1. The summed E-state index contributed by atoms with van der Waals surface area (Å²) in [6.45, 7) is -0.286. The molecule has 126 valence electrons. The standard InChI is InChI=1S/C12H7F2N3O7/c1-15-3-23-11-7(14)6(13)8(17(21)22)5-9(11)16(15)2-4(10(5)18)24-12(19)20/h2H,3H2,1H3,(H,19,20). The summed E-state index contributed by atoms with van der Waals surface area (Å²) in [6.07, 6.45) is -0.953. The first-order valence-electron chi connectivity index (χ1n) is 6.23. The van der Waals surface area contributed by atoms with Gasteiger partial charge >= 0.3 is 11.8 Å². The number of hydrogen-bond donors (Lipinski definition) is 1. The largest absolute Gasteiger partial charge is 0.511 e. The van der Waals surface area contributed by atoms with Gasteiger partial charge in [0, 0.05) is 7.05 Å². The Morgan fingerprint density at radius 3 is 2.71 bits per heavy atom. The third-order valence-corrected chi connectivity index (χ3v) is 3.35. The molecule has 1 aliphatic rings. The Bertz CT molecular complexity index is 972. The van der Waals surface area contributed by atoms with Crippen molar-refractivity contribution < 1.29 is 33.1 Å². The molecule has 0 saturated carbocycles. The number of rotatable bonds is 2. The van der Waals surface area contributed by atoms with E-state index in [2.05, 4.69) is 4.74 Å². The van der Waals surface area contributed by atoms with E-state index >= 15 is 0 Å². The number of pyridine rings is 1. The summed E-state index contributed by atoms with van der Waals surface area (Å²) in [5, 5.41) is 20.2. The molecule has 3 rings (SSSR count). The Labute approximate surface area is 130 Å². The predicted molar refractivity (Wildman–Crippen MR) is 73.1 cm³/mol. The lowest BCUT2D eigenvalue weighted by Gasteiger charge is -2.30. The molecule has 0 amide bonds. The molecule has 0 atom stereocenters. The van der Waals surface area contributed by atoms with Gasteiger partial charge in [-0.3, -0.25) is 24.6 Å². The van der Waals surface area contributed by atoms with Gasteiger partial charge in [-0.25, -0.2) is 4.79 Å². The van der Waals surface area contributed by atoms with E-state index in [0.717, 1.165) is 10.9 Å². The fourth-order valence-corrected chi connectivity index (χ4v) is 2.39. The zero-order valence-electron chi connectivity index (χ0n) is 11.8. The van der Waals surface area contributed by atoms with Crippen LogP contribution in [-0.2, 0) is 0 Å². The number of nitro groups is 1. The van der Waals surface area contributed by atoms with Crippen molar-refractivity contribution in [3.05, 3.63) is 38.2 Å². The monoisotopic (exact) mass is 343 g/mol. The number of aromatic nitrogens is 1. The minimum atomic E-state index is -1.89. The van der Waals surface area contributed by atoms with Crippen LogP contribution < -0.4 is 19.9 Å². The number of halogens is 2. The summed E-state index contributed by atoms with van der Waals surface area (Å²) in [5.41, 5.74) is -3.12. The average molecular weight is 343 g/mol. The summed E-state index contributed by atoms with van der Waals surface area (Å²) < 4.78 is 38.4. The highest BCUT2D eigenvalue weighted by Gasteiger charge is 2.35. The van der Waals surface area contributed by atoms with Crippen molar-refractivity contribution in [2.24, 2.45) is 0 Å². The highest BCUT2D eigenvalue weighted by atomic mass is 19.2. The van der Waals surface area contributed by atoms with E-state index in [4.69, 9.17) is 9.84 Å². The lowest BCUT2D eigenvalue weighted by atomic mass is 10.1. The third kappa shape index (κ3) is 2.00. The lowest BCUT2D eigenvalue weighted by Crippen LogP contribution is -2.39. The van der Waals surface area contributed by atoms with Gasteiger partial charge in [0.2, 0.25) is 22.8 Å². The maximum absolute atomic E-state index is 14.1. The maximum atomic E-state index is 14.1. The van der Waals surface area contributed by atoms with E-state index in [-0.39, 0.29) is 6.73 Å². The minimum Gasteiger partial charge on any atom is -0.466 e. The van der Waals surface area contributed by atoms with E-state index in [1.807, 2.05) is 0 Å². The molecule has 0 bridgehead atoms. The first-order chi connectivity index (χ1) is 11.2. The Morgan fingerprint density at radius 1 is 1.46 bits per heavy atom. The Morgan fingerprint density at radius 2 is 2.12 bits per heavy atom. The molecule has 0 saturated heterocycles. The Balaban J connectivity index is 2.58. The summed E-state index contributed by atoms with van der Waals surface area (Å²) in [4.78, 5) is 32.9. The molecule has 1 N–H and O–H groups in total. The van der Waals surface area contributed by atoms with Crippen molar-refractivity contribution in [1.82, 2.24) is 4.68 Å². The van der Waals surface area contributed by atoms with Crippen LogP contribution in [0.25, 0.3) is 10.9 Å². The van der Waals surface area contributed by atoms with Crippen molar-refractivity contribution in [3.8, 4) is 11.5 Å². The van der Waals surface area contributed by atoms with Gasteiger partial charge in [-0.1, -0.05) is 0 Å². The van der Waals surface area contributed by atoms with Gasteiger partial charge in [0.05, 0.1) is 11.1 Å². The van der Waals surface area contributed by atoms with Crippen LogP contribution in [0.3, 0.4) is 0 Å². The molecule has 2 aromatic rings. The molecule has 0 aliphatic carbocycles.